The molecule has 1 atom stereocenters. The molecule has 0 radical (unpaired) electrons. The monoisotopic (exact) mass is 218 g/mol. The van der Waals surface area contributed by atoms with Gasteiger partial charge in [-0.15, -0.1) is 13.2 Å². The predicted octanol–water partition coefficient (Wildman–Crippen LogP) is 2.65. The van der Waals surface area contributed by atoms with Crippen molar-refractivity contribution in [3.63, 3.8) is 0 Å². The van der Waals surface area contributed by atoms with Gasteiger partial charge in [-0.25, -0.2) is 0 Å². The van der Waals surface area contributed by atoms with Crippen molar-refractivity contribution in [2.45, 2.75) is 12.0 Å². The normalized spacial score (nSPS) is 14.1. The van der Waals surface area contributed by atoms with E-state index in [0.29, 0.717) is 13.0 Å². The fourth-order valence-corrected chi connectivity index (χ4v) is 1.66. The number of hydrogen-bond donors (Lipinski definition) is 1. The number of aliphatic hydroxyl groups excluding tert-OH is 1. The lowest BCUT2D eigenvalue weighted by molar-refractivity contribution is -0.0717. The Balaban J connectivity index is 3.00. The third-order valence-electron chi connectivity index (χ3n) is 2.51. The van der Waals surface area contributed by atoms with Gasteiger partial charge in [-0.1, -0.05) is 42.5 Å². The first-order valence-corrected chi connectivity index (χ1v) is 5.31. The van der Waals surface area contributed by atoms with E-state index in [1.54, 1.807) is 12.2 Å². The molecule has 1 aromatic carbocycles. The first-order valence-electron chi connectivity index (χ1n) is 5.31. The van der Waals surface area contributed by atoms with Crippen LogP contribution in [0.3, 0.4) is 0 Å². The Bertz CT molecular complexity index is 332. The lowest BCUT2D eigenvalue weighted by Gasteiger charge is -2.31. The number of ether oxygens (including phenoxy) is 1. The maximum atomic E-state index is 9.58. The number of rotatable bonds is 7. The van der Waals surface area contributed by atoms with Gasteiger partial charge in [0, 0.05) is 6.42 Å². The van der Waals surface area contributed by atoms with E-state index < -0.39 is 5.60 Å². The smallest absolute Gasteiger partial charge is 0.120 e. The molecule has 0 aromatic heterocycles. The highest BCUT2D eigenvalue weighted by Gasteiger charge is 2.30. The third kappa shape index (κ3) is 2.81. The zero-order valence-corrected chi connectivity index (χ0v) is 9.43. The first kappa shape index (κ1) is 12.7. The second-order valence-corrected chi connectivity index (χ2v) is 3.61. The molecule has 86 valence electrons. The Morgan fingerprint density at radius 2 is 1.88 bits per heavy atom. The van der Waals surface area contributed by atoms with Gasteiger partial charge in [-0.2, -0.15) is 0 Å². The molecular weight excluding hydrogens is 200 g/mol. The SMILES string of the molecule is C=CCO[C@@](CO)(CC=C)c1ccccc1. The quantitative estimate of drug-likeness (QED) is 0.713. The molecule has 0 aliphatic rings. The van der Waals surface area contributed by atoms with E-state index >= 15 is 0 Å². The summed E-state index contributed by atoms with van der Waals surface area (Å²) in [5.41, 5.74) is 0.260. The summed E-state index contributed by atoms with van der Waals surface area (Å²) in [6.45, 7) is 7.66. The molecule has 0 unspecified atom stereocenters. The summed E-state index contributed by atoms with van der Waals surface area (Å²) in [4.78, 5) is 0. The summed E-state index contributed by atoms with van der Waals surface area (Å²) in [6.07, 6.45) is 4.00. The van der Waals surface area contributed by atoms with Crippen LogP contribution in [0.5, 0.6) is 0 Å². The van der Waals surface area contributed by atoms with Crippen molar-refractivity contribution >= 4 is 0 Å². The van der Waals surface area contributed by atoms with Crippen molar-refractivity contribution < 1.29 is 9.84 Å². The number of aliphatic hydroxyl groups is 1. The van der Waals surface area contributed by atoms with Gasteiger partial charge in [0.15, 0.2) is 0 Å². The maximum Gasteiger partial charge on any atom is 0.120 e. The molecule has 2 heteroatoms. The van der Waals surface area contributed by atoms with E-state index in [4.69, 9.17) is 4.74 Å². The predicted molar refractivity (Wildman–Crippen MR) is 66.2 cm³/mol. The van der Waals surface area contributed by atoms with Crippen LogP contribution in [0.25, 0.3) is 0 Å². The molecule has 0 saturated heterocycles. The van der Waals surface area contributed by atoms with Crippen LogP contribution < -0.4 is 0 Å². The Kier molecular flexibility index (Phi) is 4.96. The second-order valence-electron chi connectivity index (χ2n) is 3.61. The van der Waals surface area contributed by atoms with E-state index in [1.807, 2.05) is 30.3 Å². The number of hydrogen-bond acceptors (Lipinski definition) is 2. The van der Waals surface area contributed by atoms with E-state index in [0.717, 1.165) is 5.56 Å². The van der Waals surface area contributed by atoms with Crippen molar-refractivity contribution in [1.29, 1.82) is 0 Å². The van der Waals surface area contributed by atoms with Gasteiger partial charge in [-0.05, 0) is 5.56 Å². The highest BCUT2D eigenvalue weighted by atomic mass is 16.5. The van der Waals surface area contributed by atoms with Gasteiger partial charge in [0.25, 0.3) is 0 Å². The van der Waals surface area contributed by atoms with E-state index in [-0.39, 0.29) is 6.61 Å². The molecule has 0 fully saturated rings. The Morgan fingerprint density at radius 1 is 1.19 bits per heavy atom. The fourth-order valence-electron chi connectivity index (χ4n) is 1.66. The molecule has 0 bridgehead atoms. The molecule has 0 amide bonds. The topological polar surface area (TPSA) is 29.5 Å². The molecule has 0 aliphatic carbocycles. The van der Waals surface area contributed by atoms with Crippen LogP contribution in [0.1, 0.15) is 12.0 Å². The summed E-state index contributed by atoms with van der Waals surface area (Å²) in [5.74, 6) is 0. The van der Waals surface area contributed by atoms with E-state index in [9.17, 15) is 5.11 Å². The molecule has 0 saturated carbocycles. The van der Waals surface area contributed by atoms with Gasteiger partial charge < -0.3 is 9.84 Å². The van der Waals surface area contributed by atoms with Crippen molar-refractivity contribution in [2.75, 3.05) is 13.2 Å². The Morgan fingerprint density at radius 3 is 2.38 bits per heavy atom. The van der Waals surface area contributed by atoms with Crippen molar-refractivity contribution in [1.82, 2.24) is 0 Å². The number of benzene rings is 1. The average molecular weight is 218 g/mol. The second kappa shape index (κ2) is 6.26. The molecule has 1 aromatic rings. The van der Waals surface area contributed by atoms with Crippen LogP contribution in [0, 0.1) is 0 Å². The molecule has 0 aliphatic heterocycles. The summed E-state index contributed by atoms with van der Waals surface area (Å²) in [6, 6.07) is 9.69. The summed E-state index contributed by atoms with van der Waals surface area (Å²) in [7, 11) is 0. The van der Waals surface area contributed by atoms with Crippen molar-refractivity contribution in [2.24, 2.45) is 0 Å². The molecule has 1 N–H and O–H groups in total. The lowest BCUT2D eigenvalue weighted by atomic mass is 9.91. The third-order valence-corrected chi connectivity index (χ3v) is 2.51. The Labute approximate surface area is 96.9 Å². The minimum atomic E-state index is -0.697. The van der Waals surface area contributed by atoms with Gasteiger partial charge >= 0.3 is 0 Å². The largest absolute Gasteiger partial charge is 0.393 e. The van der Waals surface area contributed by atoms with Crippen LogP contribution in [-0.2, 0) is 10.3 Å². The summed E-state index contributed by atoms with van der Waals surface area (Å²) >= 11 is 0. The zero-order chi connectivity index (χ0) is 11.9. The molecule has 2 nitrogen and oxygen atoms in total. The highest BCUT2D eigenvalue weighted by molar-refractivity contribution is 5.23. The molecule has 1 rings (SSSR count). The zero-order valence-electron chi connectivity index (χ0n) is 9.43. The maximum absolute atomic E-state index is 9.58. The minimum Gasteiger partial charge on any atom is -0.393 e. The minimum absolute atomic E-state index is 0.0725. The molecule has 16 heavy (non-hydrogen) atoms. The van der Waals surface area contributed by atoms with Gasteiger partial charge in [0.1, 0.15) is 5.60 Å². The molecule has 0 heterocycles. The molecular formula is C14H18O2. The lowest BCUT2D eigenvalue weighted by Crippen LogP contribution is -2.33. The van der Waals surface area contributed by atoms with Crippen LogP contribution >= 0.6 is 0 Å². The van der Waals surface area contributed by atoms with Crippen LogP contribution in [0.2, 0.25) is 0 Å². The van der Waals surface area contributed by atoms with Gasteiger partial charge in [0.05, 0.1) is 13.2 Å². The van der Waals surface area contributed by atoms with Crippen LogP contribution in [-0.4, -0.2) is 18.3 Å². The van der Waals surface area contributed by atoms with E-state index in [2.05, 4.69) is 13.2 Å². The standard InChI is InChI=1S/C14H18O2/c1-3-10-14(12-15,16-11-4-2)13-8-6-5-7-9-13/h3-9,15H,1-2,10-12H2/t14-/m1/s1. The van der Waals surface area contributed by atoms with Crippen LogP contribution in [0.15, 0.2) is 55.6 Å². The highest BCUT2D eigenvalue weighted by Crippen LogP contribution is 2.29. The summed E-state index contributed by atoms with van der Waals surface area (Å²) in [5, 5.41) is 9.58. The average Bonchev–Trinajstić information content (AvgIpc) is 2.36. The summed E-state index contributed by atoms with van der Waals surface area (Å²) < 4.78 is 5.72. The van der Waals surface area contributed by atoms with Crippen molar-refractivity contribution in [3.05, 3.63) is 61.2 Å². The van der Waals surface area contributed by atoms with Crippen molar-refractivity contribution in [3.8, 4) is 0 Å². The Hall–Kier alpha value is -1.38. The van der Waals surface area contributed by atoms with Crippen LogP contribution in [0.4, 0.5) is 0 Å². The van der Waals surface area contributed by atoms with Gasteiger partial charge in [0.2, 0.25) is 0 Å². The van der Waals surface area contributed by atoms with E-state index in [1.165, 1.54) is 0 Å². The van der Waals surface area contributed by atoms with Gasteiger partial charge in [-0.3, -0.25) is 0 Å². The first-order chi connectivity index (χ1) is 7.79. The molecule has 0 spiro atoms. The fraction of sp³-hybridized carbons (Fsp3) is 0.286.